The molecule has 0 saturated heterocycles. The maximum absolute atomic E-state index is 11.9. The number of anilines is 2. The van der Waals surface area contributed by atoms with Crippen LogP contribution >= 0.6 is 0 Å². The predicted octanol–water partition coefficient (Wildman–Crippen LogP) is 1.67. The molecular weight excluding hydrogens is 294 g/mol. The van der Waals surface area contributed by atoms with E-state index < -0.39 is 17.9 Å². The quantitative estimate of drug-likeness (QED) is 0.667. The number of hydrogen-bond donors (Lipinski definition) is 3. The van der Waals surface area contributed by atoms with Crippen LogP contribution in [0.2, 0.25) is 0 Å². The average Bonchev–Trinajstić information content (AvgIpc) is 2.55. The summed E-state index contributed by atoms with van der Waals surface area (Å²) >= 11 is 0. The number of carbonyl (C=O) groups excluding carboxylic acids is 2. The fourth-order valence-corrected chi connectivity index (χ4v) is 2.28. The van der Waals surface area contributed by atoms with Gasteiger partial charge in [0.15, 0.2) is 0 Å². The molecule has 1 atom stereocenters. The summed E-state index contributed by atoms with van der Waals surface area (Å²) in [6, 6.07) is 5.32. The van der Waals surface area contributed by atoms with Crippen LogP contribution in [0.1, 0.15) is 32.8 Å². The number of rotatable bonds is 7. The van der Waals surface area contributed by atoms with Gasteiger partial charge in [0, 0.05) is 24.5 Å². The van der Waals surface area contributed by atoms with E-state index in [9.17, 15) is 9.59 Å². The summed E-state index contributed by atoms with van der Waals surface area (Å²) in [6.07, 6.45) is 0.563. The lowest BCUT2D eigenvalue weighted by molar-refractivity contribution is -0.136. The maximum atomic E-state index is 11.9. The number of aliphatic hydroxyl groups is 1. The van der Waals surface area contributed by atoms with Crippen LogP contribution in [0.15, 0.2) is 18.2 Å². The standard InChI is InChI=1S/C17H27N3O3/c1-5-13(11-21)18-16(22)17(23)19-15-9-8-14(10-12(15)4)20(6-2)7-3/h8-10,13,21H,5-7,11H2,1-4H3,(H,18,22)(H,19,23). The molecule has 0 radical (unpaired) electrons. The topological polar surface area (TPSA) is 81.7 Å². The Morgan fingerprint density at radius 1 is 1.17 bits per heavy atom. The van der Waals surface area contributed by atoms with Crippen LogP contribution in [-0.4, -0.2) is 42.7 Å². The van der Waals surface area contributed by atoms with Crippen molar-refractivity contribution in [3.8, 4) is 0 Å². The lowest BCUT2D eigenvalue weighted by atomic mass is 10.1. The van der Waals surface area contributed by atoms with Gasteiger partial charge in [0.05, 0.1) is 12.6 Å². The molecule has 1 unspecified atom stereocenters. The van der Waals surface area contributed by atoms with Gasteiger partial charge in [-0.15, -0.1) is 0 Å². The van der Waals surface area contributed by atoms with Crippen molar-refractivity contribution in [1.29, 1.82) is 0 Å². The van der Waals surface area contributed by atoms with E-state index in [4.69, 9.17) is 5.11 Å². The largest absolute Gasteiger partial charge is 0.394 e. The summed E-state index contributed by atoms with van der Waals surface area (Å²) in [5.74, 6) is -1.46. The van der Waals surface area contributed by atoms with Gasteiger partial charge in [-0.1, -0.05) is 6.92 Å². The van der Waals surface area contributed by atoms with Crippen molar-refractivity contribution in [3.63, 3.8) is 0 Å². The van der Waals surface area contributed by atoms with Crippen LogP contribution in [0.5, 0.6) is 0 Å². The summed E-state index contributed by atoms with van der Waals surface area (Å²) in [5, 5.41) is 14.2. The van der Waals surface area contributed by atoms with E-state index in [0.29, 0.717) is 12.1 Å². The van der Waals surface area contributed by atoms with E-state index in [1.807, 2.05) is 26.0 Å². The molecule has 1 rings (SSSR count). The summed E-state index contributed by atoms with van der Waals surface area (Å²) < 4.78 is 0. The summed E-state index contributed by atoms with van der Waals surface area (Å²) in [5.41, 5.74) is 2.59. The number of hydrogen-bond acceptors (Lipinski definition) is 4. The van der Waals surface area contributed by atoms with Crippen LogP contribution in [0, 0.1) is 6.92 Å². The Balaban J connectivity index is 2.77. The highest BCUT2D eigenvalue weighted by atomic mass is 16.3. The second-order valence-corrected chi connectivity index (χ2v) is 5.39. The van der Waals surface area contributed by atoms with Gasteiger partial charge in [-0.3, -0.25) is 9.59 Å². The molecule has 2 amide bonds. The van der Waals surface area contributed by atoms with E-state index in [0.717, 1.165) is 24.3 Å². The molecule has 0 saturated carbocycles. The minimum atomic E-state index is -0.738. The minimum Gasteiger partial charge on any atom is -0.394 e. The molecule has 0 aliphatic heterocycles. The fraction of sp³-hybridized carbons (Fsp3) is 0.529. The summed E-state index contributed by atoms with van der Waals surface area (Å²) in [6.45, 7) is 9.52. The van der Waals surface area contributed by atoms with Crippen LogP contribution < -0.4 is 15.5 Å². The first-order valence-electron chi connectivity index (χ1n) is 8.05. The molecule has 23 heavy (non-hydrogen) atoms. The first-order valence-corrected chi connectivity index (χ1v) is 8.05. The Morgan fingerprint density at radius 3 is 2.30 bits per heavy atom. The van der Waals surface area contributed by atoms with Crippen LogP contribution in [0.4, 0.5) is 11.4 Å². The summed E-state index contributed by atoms with van der Waals surface area (Å²) in [4.78, 5) is 26.0. The number of nitrogens with one attached hydrogen (secondary N) is 2. The Bertz CT molecular complexity index is 538. The molecule has 0 aliphatic carbocycles. The number of nitrogens with zero attached hydrogens (tertiary/aromatic N) is 1. The molecule has 3 N–H and O–H groups in total. The fourth-order valence-electron chi connectivity index (χ4n) is 2.28. The Hall–Kier alpha value is -2.08. The number of aliphatic hydroxyl groups excluding tert-OH is 1. The van der Waals surface area contributed by atoms with Crippen molar-refractivity contribution in [2.75, 3.05) is 29.9 Å². The van der Waals surface area contributed by atoms with E-state index >= 15 is 0 Å². The molecule has 0 aromatic heterocycles. The highest BCUT2D eigenvalue weighted by Gasteiger charge is 2.18. The third-order valence-corrected chi connectivity index (χ3v) is 3.84. The molecule has 1 aromatic carbocycles. The zero-order valence-corrected chi connectivity index (χ0v) is 14.3. The zero-order valence-electron chi connectivity index (χ0n) is 14.3. The number of carbonyl (C=O) groups is 2. The third kappa shape index (κ3) is 5.25. The first-order chi connectivity index (χ1) is 11.0. The molecule has 0 bridgehead atoms. The third-order valence-electron chi connectivity index (χ3n) is 3.84. The lowest BCUT2D eigenvalue weighted by Gasteiger charge is -2.22. The molecular formula is C17H27N3O3. The monoisotopic (exact) mass is 321 g/mol. The number of amides is 2. The van der Waals surface area contributed by atoms with E-state index in [2.05, 4.69) is 29.4 Å². The van der Waals surface area contributed by atoms with Crippen molar-refractivity contribution in [3.05, 3.63) is 23.8 Å². The normalized spacial score (nSPS) is 11.7. The van der Waals surface area contributed by atoms with Gasteiger partial charge in [-0.2, -0.15) is 0 Å². The van der Waals surface area contributed by atoms with Gasteiger partial charge >= 0.3 is 11.8 Å². The Kier molecular flexibility index (Phi) is 7.54. The van der Waals surface area contributed by atoms with Crippen molar-refractivity contribution >= 4 is 23.2 Å². The van der Waals surface area contributed by atoms with Gasteiger partial charge in [-0.05, 0) is 51.0 Å². The van der Waals surface area contributed by atoms with Gasteiger partial charge in [0.1, 0.15) is 0 Å². The molecule has 6 nitrogen and oxygen atoms in total. The van der Waals surface area contributed by atoms with Gasteiger partial charge < -0.3 is 20.6 Å². The maximum Gasteiger partial charge on any atom is 0.313 e. The Labute approximate surface area is 137 Å². The van der Waals surface area contributed by atoms with Crippen molar-refractivity contribution in [2.24, 2.45) is 0 Å². The van der Waals surface area contributed by atoms with Crippen molar-refractivity contribution < 1.29 is 14.7 Å². The predicted molar refractivity (Wildman–Crippen MR) is 92.7 cm³/mol. The van der Waals surface area contributed by atoms with E-state index in [1.54, 1.807) is 6.07 Å². The summed E-state index contributed by atoms with van der Waals surface area (Å²) in [7, 11) is 0. The first kappa shape index (κ1) is 19.0. The van der Waals surface area contributed by atoms with E-state index in [1.165, 1.54) is 0 Å². The van der Waals surface area contributed by atoms with Gasteiger partial charge in [-0.25, -0.2) is 0 Å². The highest BCUT2D eigenvalue weighted by Crippen LogP contribution is 2.22. The molecule has 0 spiro atoms. The second kappa shape index (κ2) is 9.15. The van der Waals surface area contributed by atoms with E-state index in [-0.39, 0.29) is 6.61 Å². The molecule has 1 aromatic rings. The Morgan fingerprint density at radius 2 is 1.83 bits per heavy atom. The molecule has 0 heterocycles. The van der Waals surface area contributed by atoms with Crippen LogP contribution in [-0.2, 0) is 9.59 Å². The van der Waals surface area contributed by atoms with Crippen LogP contribution in [0.25, 0.3) is 0 Å². The molecule has 0 fully saturated rings. The molecule has 0 aliphatic rings. The molecule has 6 heteroatoms. The van der Waals surface area contributed by atoms with Gasteiger partial charge in [0.25, 0.3) is 0 Å². The van der Waals surface area contributed by atoms with Crippen molar-refractivity contribution in [1.82, 2.24) is 5.32 Å². The lowest BCUT2D eigenvalue weighted by Crippen LogP contribution is -2.43. The van der Waals surface area contributed by atoms with Crippen LogP contribution in [0.3, 0.4) is 0 Å². The minimum absolute atomic E-state index is 0.187. The highest BCUT2D eigenvalue weighted by molar-refractivity contribution is 6.39. The average molecular weight is 321 g/mol. The SMILES string of the molecule is CCC(CO)NC(=O)C(=O)Nc1ccc(N(CC)CC)cc1C. The number of benzene rings is 1. The number of aryl methyl sites for hydroxylation is 1. The van der Waals surface area contributed by atoms with Gasteiger partial charge in [0.2, 0.25) is 0 Å². The second-order valence-electron chi connectivity index (χ2n) is 5.39. The van der Waals surface area contributed by atoms with Crippen molar-refractivity contribution in [2.45, 2.75) is 40.2 Å². The zero-order chi connectivity index (χ0) is 17.4. The smallest absolute Gasteiger partial charge is 0.313 e. The molecule has 128 valence electrons.